The SMILES string of the molecule is Cn1c(C(F)(F)F)cc(=O)n(-c2cc(OC3CCOC3=O)c(Cl)cc2F)c1=O. The highest BCUT2D eigenvalue weighted by Crippen LogP contribution is 2.31. The Balaban J connectivity index is 2.15. The summed E-state index contributed by atoms with van der Waals surface area (Å²) in [6.07, 6.45) is -5.78. The number of hydrogen-bond acceptors (Lipinski definition) is 5. The number of benzene rings is 1. The highest BCUT2D eigenvalue weighted by atomic mass is 35.5. The van der Waals surface area contributed by atoms with Gasteiger partial charge in [0.1, 0.15) is 17.3 Å². The molecular formula is C16H11ClF4N2O5. The molecule has 0 bridgehead atoms. The third-order valence-electron chi connectivity index (χ3n) is 4.01. The van der Waals surface area contributed by atoms with Crippen molar-refractivity contribution < 1.29 is 31.8 Å². The molecule has 150 valence electrons. The smallest absolute Gasteiger partial charge is 0.431 e. The predicted molar refractivity (Wildman–Crippen MR) is 87.2 cm³/mol. The maximum atomic E-state index is 14.4. The van der Waals surface area contributed by atoms with Gasteiger partial charge < -0.3 is 9.47 Å². The van der Waals surface area contributed by atoms with Crippen molar-refractivity contribution in [2.75, 3.05) is 6.61 Å². The Morgan fingerprint density at radius 3 is 2.46 bits per heavy atom. The van der Waals surface area contributed by atoms with Gasteiger partial charge in [-0.1, -0.05) is 11.6 Å². The van der Waals surface area contributed by atoms with Crippen LogP contribution < -0.4 is 16.0 Å². The Bertz CT molecular complexity index is 1080. The van der Waals surface area contributed by atoms with E-state index in [1.54, 1.807) is 0 Å². The van der Waals surface area contributed by atoms with Gasteiger partial charge in [-0.15, -0.1) is 0 Å². The number of rotatable bonds is 3. The fourth-order valence-electron chi connectivity index (χ4n) is 2.64. The minimum atomic E-state index is -4.96. The number of nitrogens with zero attached hydrogens (tertiary/aromatic N) is 2. The van der Waals surface area contributed by atoms with E-state index in [1.807, 2.05) is 0 Å². The summed E-state index contributed by atoms with van der Waals surface area (Å²) >= 11 is 5.87. The normalized spacial score (nSPS) is 16.9. The van der Waals surface area contributed by atoms with E-state index < -0.39 is 46.7 Å². The number of ether oxygens (including phenoxy) is 2. The molecule has 1 aromatic heterocycles. The first-order chi connectivity index (χ1) is 13.0. The maximum absolute atomic E-state index is 14.4. The number of carbonyl (C=O) groups excluding carboxylic acids is 1. The number of hydrogen-bond donors (Lipinski definition) is 0. The minimum Gasteiger partial charge on any atom is -0.477 e. The van der Waals surface area contributed by atoms with E-state index in [-0.39, 0.29) is 39.0 Å². The molecule has 1 fully saturated rings. The number of carbonyl (C=O) groups is 1. The Labute approximate surface area is 158 Å². The van der Waals surface area contributed by atoms with E-state index in [9.17, 15) is 31.9 Å². The quantitative estimate of drug-likeness (QED) is 0.559. The maximum Gasteiger partial charge on any atom is 0.431 e. The molecule has 0 radical (unpaired) electrons. The molecule has 1 atom stereocenters. The fraction of sp³-hybridized carbons (Fsp3) is 0.312. The second-order valence-corrected chi connectivity index (χ2v) is 6.25. The first-order valence-electron chi connectivity index (χ1n) is 7.73. The predicted octanol–water partition coefficient (Wildman–Crippen LogP) is 2.04. The minimum absolute atomic E-state index is 0.105. The third-order valence-corrected chi connectivity index (χ3v) is 4.30. The lowest BCUT2D eigenvalue weighted by atomic mass is 10.2. The van der Waals surface area contributed by atoms with Crippen LogP contribution in [0.1, 0.15) is 12.1 Å². The van der Waals surface area contributed by atoms with Crippen LogP contribution in [0.25, 0.3) is 5.69 Å². The molecule has 1 aliphatic rings. The Morgan fingerprint density at radius 2 is 1.89 bits per heavy atom. The number of halogens is 5. The lowest BCUT2D eigenvalue weighted by Crippen LogP contribution is -2.41. The Kier molecular flexibility index (Phi) is 4.96. The van der Waals surface area contributed by atoms with Gasteiger partial charge >= 0.3 is 17.8 Å². The summed E-state index contributed by atoms with van der Waals surface area (Å²) in [5.74, 6) is -2.06. The van der Waals surface area contributed by atoms with Crippen molar-refractivity contribution in [2.24, 2.45) is 7.05 Å². The average molecular weight is 423 g/mol. The van der Waals surface area contributed by atoms with Gasteiger partial charge in [0.05, 0.1) is 17.3 Å². The number of cyclic esters (lactones) is 1. The molecular weight excluding hydrogens is 412 g/mol. The van der Waals surface area contributed by atoms with Crippen LogP contribution in [0.3, 0.4) is 0 Å². The highest BCUT2D eigenvalue weighted by Gasteiger charge is 2.35. The summed E-state index contributed by atoms with van der Waals surface area (Å²) in [5.41, 5.74) is -4.99. The van der Waals surface area contributed by atoms with Crippen molar-refractivity contribution in [1.29, 1.82) is 0 Å². The zero-order chi connectivity index (χ0) is 20.8. The monoisotopic (exact) mass is 422 g/mol. The van der Waals surface area contributed by atoms with E-state index >= 15 is 0 Å². The summed E-state index contributed by atoms with van der Waals surface area (Å²) in [4.78, 5) is 36.0. The molecule has 0 saturated carbocycles. The molecule has 1 unspecified atom stereocenters. The van der Waals surface area contributed by atoms with Crippen LogP contribution in [0.2, 0.25) is 5.02 Å². The van der Waals surface area contributed by atoms with Crippen LogP contribution in [-0.2, 0) is 22.8 Å². The van der Waals surface area contributed by atoms with E-state index in [0.717, 1.165) is 19.2 Å². The summed E-state index contributed by atoms with van der Waals surface area (Å²) in [6, 6.07) is 1.75. The molecule has 1 saturated heterocycles. The Hall–Kier alpha value is -2.82. The average Bonchev–Trinajstić information content (AvgIpc) is 2.99. The summed E-state index contributed by atoms with van der Waals surface area (Å²) < 4.78 is 63.6. The fourth-order valence-corrected chi connectivity index (χ4v) is 2.83. The van der Waals surface area contributed by atoms with Crippen molar-refractivity contribution in [3.05, 3.63) is 55.6 Å². The highest BCUT2D eigenvalue weighted by molar-refractivity contribution is 6.32. The van der Waals surface area contributed by atoms with Crippen molar-refractivity contribution >= 4 is 17.6 Å². The third kappa shape index (κ3) is 3.49. The Morgan fingerprint density at radius 1 is 1.21 bits per heavy atom. The van der Waals surface area contributed by atoms with E-state index in [2.05, 4.69) is 0 Å². The largest absolute Gasteiger partial charge is 0.477 e. The molecule has 28 heavy (non-hydrogen) atoms. The first kappa shape index (κ1) is 19.9. The molecule has 12 heteroatoms. The van der Waals surface area contributed by atoms with Crippen LogP contribution in [0.15, 0.2) is 27.8 Å². The molecule has 1 aliphatic heterocycles. The standard InChI is InChI=1S/C16H11ClF4N2O5/c1-22-12(16(19,20)21)6-13(24)23(15(22)26)9-5-11(7(17)4-8(9)18)28-10-2-3-27-14(10)25/h4-6,10H,2-3H2,1H3. The first-order valence-corrected chi connectivity index (χ1v) is 8.11. The summed E-state index contributed by atoms with van der Waals surface area (Å²) in [5, 5.41) is -0.266. The topological polar surface area (TPSA) is 79.5 Å². The number of aromatic nitrogens is 2. The lowest BCUT2D eigenvalue weighted by Gasteiger charge is -2.16. The van der Waals surface area contributed by atoms with Gasteiger partial charge in [-0.25, -0.2) is 18.5 Å². The van der Waals surface area contributed by atoms with Crippen LogP contribution in [0.5, 0.6) is 5.75 Å². The molecule has 0 N–H and O–H groups in total. The van der Waals surface area contributed by atoms with Crippen molar-refractivity contribution in [3.8, 4) is 11.4 Å². The van der Waals surface area contributed by atoms with Gasteiger partial charge in [0.25, 0.3) is 5.56 Å². The van der Waals surface area contributed by atoms with E-state index in [4.69, 9.17) is 21.1 Å². The molecule has 7 nitrogen and oxygen atoms in total. The number of alkyl halides is 3. The number of esters is 1. The van der Waals surface area contributed by atoms with Crippen molar-refractivity contribution in [2.45, 2.75) is 18.7 Å². The van der Waals surface area contributed by atoms with Crippen LogP contribution in [-0.4, -0.2) is 27.8 Å². The van der Waals surface area contributed by atoms with E-state index in [0.29, 0.717) is 0 Å². The molecule has 0 amide bonds. The van der Waals surface area contributed by atoms with Gasteiger partial charge in [0.2, 0.25) is 0 Å². The molecule has 0 spiro atoms. The van der Waals surface area contributed by atoms with Gasteiger partial charge in [-0.2, -0.15) is 13.2 Å². The summed E-state index contributed by atoms with van der Waals surface area (Å²) in [7, 11) is 0.793. The molecule has 2 heterocycles. The molecule has 2 aromatic rings. The summed E-state index contributed by atoms with van der Waals surface area (Å²) in [6.45, 7) is 0.105. The van der Waals surface area contributed by atoms with Gasteiger partial charge in [-0.05, 0) is 6.07 Å². The van der Waals surface area contributed by atoms with Crippen LogP contribution in [0.4, 0.5) is 17.6 Å². The van der Waals surface area contributed by atoms with Crippen molar-refractivity contribution in [3.63, 3.8) is 0 Å². The van der Waals surface area contributed by atoms with Gasteiger partial charge in [0, 0.05) is 25.6 Å². The second kappa shape index (κ2) is 6.97. The molecule has 3 rings (SSSR count). The zero-order valence-electron chi connectivity index (χ0n) is 14.0. The van der Waals surface area contributed by atoms with Crippen LogP contribution >= 0.6 is 11.6 Å². The van der Waals surface area contributed by atoms with Crippen molar-refractivity contribution in [1.82, 2.24) is 9.13 Å². The molecule has 0 aliphatic carbocycles. The zero-order valence-corrected chi connectivity index (χ0v) is 14.8. The second-order valence-electron chi connectivity index (χ2n) is 5.84. The van der Waals surface area contributed by atoms with Gasteiger partial charge in [-0.3, -0.25) is 9.36 Å². The van der Waals surface area contributed by atoms with E-state index in [1.165, 1.54) is 0 Å². The van der Waals surface area contributed by atoms with Gasteiger partial charge in [0.15, 0.2) is 6.10 Å². The van der Waals surface area contributed by atoms with Crippen LogP contribution in [0, 0.1) is 5.82 Å². The lowest BCUT2D eigenvalue weighted by molar-refractivity contribution is -0.144. The molecule has 1 aromatic carbocycles.